The lowest BCUT2D eigenvalue weighted by Gasteiger charge is -2.16. The van der Waals surface area contributed by atoms with Crippen molar-refractivity contribution < 1.29 is 19.1 Å². The van der Waals surface area contributed by atoms with Gasteiger partial charge in [0.05, 0.1) is 6.54 Å². The van der Waals surface area contributed by atoms with E-state index in [2.05, 4.69) is 10.6 Å². The maximum absolute atomic E-state index is 12.0. The van der Waals surface area contributed by atoms with Crippen LogP contribution in [0.25, 0.3) is 0 Å². The van der Waals surface area contributed by atoms with Gasteiger partial charge in [-0.2, -0.15) is 0 Å². The summed E-state index contributed by atoms with van der Waals surface area (Å²) in [5.74, 6) is -1.41. The Morgan fingerprint density at radius 3 is 2.05 bits per heavy atom. The van der Waals surface area contributed by atoms with E-state index < -0.39 is 18.1 Å². The normalized spacial score (nSPS) is 10.6. The summed E-state index contributed by atoms with van der Waals surface area (Å²) < 4.78 is 9.90. The van der Waals surface area contributed by atoms with Crippen molar-refractivity contribution in [2.24, 2.45) is 0 Å². The number of nitrogens with one attached hydrogen (secondary N) is 2. The molecule has 22 heavy (non-hydrogen) atoms. The predicted octanol–water partition coefficient (Wildman–Crippen LogP) is 1.48. The molecule has 2 N–H and O–H groups in total. The van der Waals surface area contributed by atoms with Crippen LogP contribution in [-0.4, -0.2) is 38.9 Å². The molecule has 0 fully saturated rings. The highest BCUT2D eigenvalue weighted by Crippen LogP contribution is 2.22. The van der Waals surface area contributed by atoms with Crippen molar-refractivity contribution in [2.75, 3.05) is 26.1 Å². The number of anilines is 1. The van der Waals surface area contributed by atoms with Gasteiger partial charge in [0.2, 0.25) is 0 Å². The molecule has 6 heteroatoms. The van der Waals surface area contributed by atoms with Crippen molar-refractivity contribution in [3.63, 3.8) is 0 Å². The van der Waals surface area contributed by atoms with Gasteiger partial charge in [-0.15, -0.1) is 0 Å². The maximum atomic E-state index is 12.0. The smallest absolute Gasteiger partial charge is 0.313 e. The van der Waals surface area contributed by atoms with Gasteiger partial charge in [-0.3, -0.25) is 9.59 Å². The Balaban J connectivity index is 2.74. The Bertz CT molecular complexity index is 491. The number of hydrogen-bond acceptors (Lipinski definition) is 4. The van der Waals surface area contributed by atoms with Crippen molar-refractivity contribution in [3.8, 4) is 0 Å². The summed E-state index contributed by atoms with van der Waals surface area (Å²) >= 11 is 0. The van der Waals surface area contributed by atoms with Gasteiger partial charge in [-0.1, -0.05) is 32.0 Å². The molecule has 0 radical (unpaired) electrons. The monoisotopic (exact) mass is 308 g/mol. The van der Waals surface area contributed by atoms with Gasteiger partial charge in [0.15, 0.2) is 6.29 Å². The van der Waals surface area contributed by atoms with Gasteiger partial charge in [0.25, 0.3) is 0 Å². The highest BCUT2D eigenvalue weighted by Gasteiger charge is 2.18. The van der Waals surface area contributed by atoms with E-state index in [0.717, 1.165) is 29.7 Å². The minimum atomic E-state index is -0.716. The van der Waals surface area contributed by atoms with Gasteiger partial charge in [-0.25, -0.2) is 0 Å². The molecule has 6 nitrogen and oxygen atoms in total. The molecule has 0 saturated heterocycles. The van der Waals surface area contributed by atoms with Crippen LogP contribution in [0, 0.1) is 0 Å². The molecule has 1 aromatic carbocycles. The minimum Gasteiger partial charge on any atom is -0.354 e. The van der Waals surface area contributed by atoms with E-state index in [4.69, 9.17) is 9.47 Å². The molecule has 0 heterocycles. The number of benzene rings is 1. The standard InChI is InChI=1S/C16H24N2O4/c1-5-11-8-7-9-12(6-2)14(11)18-16(20)15(19)17-10-13(21-3)22-4/h7-9,13H,5-6,10H2,1-4H3,(H,17,19)(H,18,20). The number of aryl methyl sites for hydroxylation is 2. The highest BCUT2D eigenvalue weighted by atomic mass is 16.7. The quantitative estimate of drug-likeness (QED) is 0.591. The van der Waals surface area contributed by atoms with Crippen molar-refractivity contribution in [1.82, 2.24) is 5.32 Å². The maximum Gasteiger partial charge on any atom is 0.313 e. The van der Waals surface area contributed by atoms with Crippen LogP contribution < -0.4 is 10.6 Å². The molecule has 0 aromatic heterocycles. The van der Waals surface area contributed by atoms with Crippen LogP contribution in [0.15, 0.2) is 18.2 Å². The zero-order chi connectivity index (χ0) is 16.5. The van der Waals surface area contributed by atoms with Crippen LogP contribution in [0.3, 0.4) is 0 Å². The van der Waals surface area contributed by atoms with E-state index in [-0.39, 0.29) is 6.54 Å². The van der Waals surface area contributed by atoms with Crippen LogP contribution in [0.1, 0.15) is 25.0 Å². The molecule has 0 aliphatic carbocycles. The Hall–Kier alpha value is -1.92. The largest absolute Gasteiger partial charge is 0.354 e. The Kier molecular flexibility index (Phi) is 7.56. The highest BCUT2D eigenvalue weighted by molar-refractivity contribution is 6.39. The van der Waals surface area contributed by atoms with E-state index >= 15 is 0 Å². The molecule has 1 aromatic rings. The summed E-state index contributed by atoms with van der Waals surface area (Å²) in [6, 6.07) is 5.84. The Morgan fingerprint density at radius 2 is 1.59 bits per heavy atom. The van der Waals surface area contributed by atoms with E-state index in [1.54, 1.807) is 0 Å². The number of amides is 2. The average Bonchev–Trinajstić information content (AvgIpc) is 2.55. The van der Waals surface area contributed by atoms with Crippen molar-refractivity contribution in [3.05, 3.63) is 29.3 Å². The van der Waals surface area contributed by atoms with Gasteiger partial charge in [0.1, 0.15) is 0 Å². The van der Waals surface area contributed by atoms with Crippen molar-refractivity contribution in [1.29, 1.82) is 0 Å². The summed E-state index contributed by atoms with van der Waals surface area (Å²) in [5.41, 5.74) is 2.74. The third kappa shape index (κ3) is 4.82. The second-order valence-corrected chi connectivity index (χ2v) is 4.72. The average molecular weight is 308 g/mol. The molecular weight excluding hydrogens is 284 g/mol. The first kappa shape index (κ1) is 18.1. The molecule has 0 aliphatic heterocycles. The number of ether oxygens (including phenoxy) is 2. The number of rotatable bonds is 7. The SMILES string of the molecule is CCc1cccc(CC)c1NC(=O)C(=O)NCC(OC)OC. The molecule has 2 amide bonds. The van der Waals surface area contributed by atoms with E-state index in [9.17, 15) is 9.59 Å². The van der Waals surface area contributed by atoms with Crippen LogP contribution >= 0.6 is 0 Å². The molecular formula is C16H24N2O4. The zero-order valence-corrected chi connectivity index (χ0v) is 13.6. The van der Waals surface area contributed by atoms with Gasteiger partial charge >= 0.3 is 11.8 Å². The first-order chi connectivity index (χ1) is 10.6. The van der Waals surface area contributed by atoms with Crippen LogP contribution in [0.2, 0.25) is 0 Å². The lowest BCUT2D eigenvalue weighted by molar-refractivity contribution is -0.139. The Labute approximate surface area is 131 Å². The van der Waals surface area contributed by atoms with E-state index in [0.29, 0.717) is 0 Å². The van der Waals surface area contributed by atoms with E-state index in [1.807, 2.05) is 32.0 Å². The summed E-state index contributed by atoms with van der Waals surface area (Å²) in [6.45, 7) is 4.12. The minimum absolute atomic E-state index is 0.106. The molecule has 0 bridgehead atoms. The Morgan fingerprint density at radius 1 is 1.05 bits per heavy atom. The second-order valence-electron chi connectivity index (χ2n) is 4.72. The summed E-state index contributed by atoms with van der Waals surface area (Å²) in [7, 11) is 2.93. The molecule has 0 unspecified atom stereocenters. The molecule has 1 rings (SSSR count). The van der Waals surface area contributed by atoms with Crippen LogP contribution in [-0.2, 0) is 31.9 Å². The number of para-hydroxylation sites is 1. The number of carbonyl (C=O) groups excluding carboxylic acids is 2. The molecule has 0 atom stereocenters. The fraction of sp³-hybridized carbons (Fsp3) is 0.500. The van der Waals surface area contributed by atoms with Crippen molar-refractivity contribution in [2.45, 2.75) is 33.0 Å². The lowest BCUT2D eigenvalue weighted by atomic mass is 10.0. The molecule has 0 saturated carbocycles. The summed E-state index contributed by atoms with van der Waals surface area (Å²) in [5, 5.41) is 5.19. The van der Waals surface area contributed by atoms with Gasteiger partial charge in [-0.05, 0) is 24.0 Å². The number of carbonyl (C=O) groups is 2. The summed E-state index contributed by atoms with van der Waals surface area (Å²) in [6.07, 6.45) is 0.979. The third-order valence-electron chi connectivity index (χ3n) is 3.40. The molecule has 0 spiro atoms. The van der Waals surface area contributed by atoms with E-state index in [1.165, 1.54) is 14.2 Å². The van der Waals surface area contributed by atoms with Crippen LogP contribution in [0.4, 0.5) is 5.69 Å². The number of hydrogen-bond donors (Lipinski definition) is 2. The third-order valence-corrected chi connectivity index (χ3v) is 3.40. The van der Waals surface area contributed by atoms with Crippen LogP contribution in [0.5, 0.6) is 0 Å². The predicted molar refractivity (Wildman–Crippen MR) is 84.6 cm³/mol. The zero-order valence-electron chi connectivity index (χ0n) is 13.6. The van der Waals surface area contributed by atoms with Crippen molar-refractivity contribution >= 4 is 17.5 Å². The molecule has 0 aliphatic rings. The number of methoxy groups -OCH3 is 2. The lowest BCUT2D eigenvalue weighted by Crippen LogP contribution is -2.40. The molecule has 122 valence electrons. The summed E-state index contributed by atoms with van der Waals surface area (Å²) in [4.78, 5) is 23.9. The van der Waals surface area contributed by atoms with Gasteiger partial charge < -0.3 is 20.1 Å². The topological polar surface area (TPSA) is 76.7 Å². The second kappa shape index (κ2) is 9.17. The van der Waals surface area contributed by atoms with Gasteiger partial charge in [0, 0.05) is 19.9 Å². The fourth-order valence-electron chi connectivity index (χ4n) is 2.09. The first-order valence-electron chi connectivity index (χ1n) is 7.32. The fourth-order valence-corrected chi connectivity index (χ4v) is 2.09. The first-order valence-corrected chi connectivity index (χ1v) is 7.32.